The molecule has 1 atom stereocenters. The van der Waals surface area contributed by atoms with Crippen LogP contribution in [0.2, 0.25) is 0 Å². The molecule has 1 heterocycles. The van der Waals surface area contributed by atoms with E-state index >= 15 is 0 Å². The van der Waals surface area contributed by atoms with Crippen LogP contribution >= 0.6 is 15.9 Å². The van der Waals surface area contributed by atoms with Gasteiger partial charge in [-0.25, -0.2) is 0 Å². The van der Waals surface area contributed by atoms with E-state index in [1.54, 1.807) is 0 Å². The van der Waals surface area contributed by atoms with E-state index in [0.29, 0.717) is 18.7 Å². The van der Waals surface area contributed by atoms with Crippen LogP contribution < -0.4 is 0 Å². The first-order valence-corrected chi connectivity index (χ1v) is 7.63. The molecule has 1 saturated heterocycles. The summed E-state index contributed by atoms with van der Waals surface area (Å²) < 4.78 is 0.971. The lowest BCUT2D eigenvalue weighted by Crippen LogP contribution is -2.51. The molecule has 1 aromatic carbocycles. The third-order valence-corrected chi connectivity index (χ3v) is 4.20. The van der Waals surface area contributed by atoms with Crippen LogP contribution in [-0.2, 0) is 0 Å². The molecule has 2 rings (SSSR count). The monoisotopic (exact) mass is 335 g/mol. The summed E-state index contributed by atoms with van der Waals surface area (Å²) in [6.45, 7) is 4.94. The summed E-state index contributed by atoms with van der Waals surface area (Å²) in [5, 5.41) is 9.08. The minimum Gasteiger partial charge on any atom is -0.336 e. The fourth-order valence-electron chi connectivity index (χ4n) is 2.44. The van der Waals surface area contributed by atoms with Crippen LogP contribution in [0.5, 0.6) is 0 Å². The highest BCUT2D eigenvalue weighted by molar-refractivity contribution is 9.10. The second-order valence-electron chi connectivity index (χ2n) is 4.89. The number of carbonyl (C=O) groups is 1. The Morgan fingerprint density at radius 2 is 1.90 bits per heavy atom. The molecule has 1 fully saturated rings. The van der Waals surface area contributed by atoms with Crippen molar-refractivity contribution in [2.75, 3.05) is 26.2 Å². The second kappa shape index (κ2) is 6.87. The molecular weight excluding hydrogens is 318 g/mol. The summed E-state index contributed by atoms with van der Waals surface area (Å²) in [7, 11) is 0. The molecule has 1 aromatic rings. The fraction of sp³-hybridized carbons (Fsp3) is 0.467. The maximum Gasteiger partial charge on any atom is 0.253 e. The van der Waals surface area contributed by atoms with Crippen LogP contribution in [0.15, 0.2) is 28.7 Å². The Morgan fingerprint density at radius 3 is 2.40 bits per heavy atom. The zero-order chi connectivity index (χ0) is 14.5. The van der Waals surface area contributed by atoms with Gasteiger partial charge >= 0.3 is 0 Å². The van der Waals surface area contributed by atoms with E-state index < -0.39 is 0 Å². The minimum atomic E-state index is -0.0278. The second-order valence-corrected chi connectivity index (χ2v) is 5.80. The number of nitriles is 1. The number of amides is 1. The molecule has 5 heteroatoms. The molecule has 106 valence electrons. The number of halogens is 1. The third kappa shape index (κ3) is 3.38. The van der Waals surface area contributed by atoms with Gasteiger partial charge in [0, 0.05) is 36.2 Å². The average Bonchev–Trinajstić information content (AvgIpc) is 2.49. The van der Waals surface area contributed by atoms with Gasteiger partial charge in [-0.15, -0.1) is 0 Å². The first-order chi connectivity index (χ1) is 9.65. The van der Waals surface area contributed by atoms with E-state index in [4.69, 9.17) is 5.26 Å². The van der Waals surface area contributed by atoms with Crippen molar-refractivity contribution in [1.82, 2.24) is 9.80 Å². The lowest BCUT2D eigenvalue weighted by molar-refractivity contribution is 0.0604. The van der Waals surface area contributed by atoms with E-state index in [1.807, 2.05) is 36.1 Å². The van der Waals surface area contributed by atoms with Crippen LogP contribution in [0.3, 0.4) is 0 Å². The van der Waals surface area contributed by atoms with Crippen molar-refractivity contribution in [3.05, 3.63) is 34.3 Å². The van der Waals surface area contributed by atoms with Gasteiger partial charge in [-0.3, -0.25) is 9.69 Å². The molecule has 0 N–H and O–H groups in total. The molecule has 1 aliphatic rings. The van der Waals surface area contributed by atoms with Crippen LogP contribution in [0.25, 0.3) is 0 Å². The Balaban J connectivity index is 1.95. The molecule has 0 aliphatic carbocycles. The molecular formula is C15H18BrN3O. The van der Waals surface area contributed by atoms with Gasteiger partial charge in [0.05, 0.1) is 12.1 Å². The molecule has 0 saturated carbocycles. The van der Waals surface area contributed by atoms with Crippen molar-refractivity contribution in [1.29, 1.82) is 5.26 Å². The standard InChI is InChI=1S/C15H18BrN3O/c1-2-14(11-17)18-7-9-19(10-8-18)15(20)12-3-5-13(16)6-4-12/h3-6,14H,2,7-10H2,1H3. The van der Waals surface area contributed by atoms with Gasteiger partial charge < -0.3 is 4.90 Å². The summed E-state index contributed by atoms with van der Waals surface area (Å²) in [5.74, 6) is 0.0714. The van der Waals surface area contributed by atoms with Crippen molar-refractivity contribution in [2.45, 2.75) is 19.4 Å². The van der Waals surface area contributed by atoms with E-state index in [0.717, 1.165) is 24.0 Å². The summed E-state index contributed by atoms with van der Waals surface area (Å²) in [4.78, 5) is 16.4. The van der Waals surface area contributed by atoms with E-state index in [2.05, 4.69) is 26.9 Å². The van der Waals surface area contributed by atoms with E-state index in [-0.39, 0.29) is 11.9 Å². The Bertz CT molecular complexity index is 501. The number of carbonyl (C=O) groups excluding carboxylic acids is 1. The summed E-state index contributed by atoms with van der Waals surface area (Å²) in [5.41, 5.74) is 0.717. The zero-order valence-electron chi connectivity index (χ0n) is 11.6. The van der Waals surface area contributed by atoms with Gasteiger partial charge in [0.1, 0.15) is 0 Å². The highest BCUT2D eigenvalue weighted by atomic mass is 79.9. The van der Waals surface area contributed by atoms with Crippen molar-refractivity contribution < 1.29 is 4.79 Å². The number of piperazine rings is 1. The maximum absolute atomic E-state index is 12.4. The van der Waals surface area contributed by atoms with Crippen LogP contribution in [0.4, 0.5) is 0 Å². The number of nitrogens with zero attached hydrogens (tertiary/aromatic N) is 3. The Morgan fingerprint density at radius 1 is 1.30 bits per heavy atom. The number of rotatable bonds is 3. The topological polar surface area (TPSA) is 47.3 Å². The third-order valence-electron chi connectivity index (χ3n) is 3.67. The first kappa shape index (κ1) is 15.0. The summed E-state index contributed by atoms with van der Waals surface area (Å²) in [6, 6.07) is 9.73. The quantitative estimate of drug-likeness (QED) is 0.852. The minimum absolute atomic E-state index is 0.0278. The van der Waals surface area contributed by atoms with Gasteiger partial charge in [0.25, 0.3) is 5.91 Å². The van der Waals surface area contributed by atoms with Crippen LogP contribution in [0, 0.1) is 11.3 Å². The van der Waals surface area contributed by atoms with E-state index in [9.17, 15) is 4.79 Å². The van der Waals surface area contributed by atoms with Gasteiger partial charge in [-0.2, -0.15) is 5.26 Å². The first-order valence-electron chi connectivity index (χ1n) is 6.84. The predicted octanol–water partition coefficient (Wildman–Crippen LogP) is 2.51. The molecule has 4 nitrogen and oxygen atoms in total. The zero-order valence-corrected chi connectivity index (χ0v) is 13.1. The SMILES string of the molecule is CCC(C#N)N1CCN(C(=O)c2ccc(Br)cc2)CC1. The van der Waals surface area contributed by atoms with Crippen LogP contribution in [-0.4, -0.2) is 47.9 Å². The Hall–Kier alpha value is -1.38. The largest absolute Gasteiger partial charge is 0.336 e. The van der Waals surface area contributed by atoms with Crippen molar-refractivity contribution in [3.8, 4) is 6.07 Å². The molecule has 20 heavy (non-hydrogen) atoms. The van der Waals surface area contributed by atoms with Crippen LogP contribution in [0.1, 0.15) is 23.7 Å². The van der Waals surface area contributed by atoms with Gasteiger partial charge in [0.2, 0.25) is 0 Å². The normalized spacial score (nSPS) is 17.6. The molecule has 1 unspecified atom stereocenters. The number of benzene rings is 1. The van der Waals surface area contributed by atoms with Gasteiger partial charge in [-0.05, 0) is 30.7 Å². The van der Waals surface area contributed by atoms with Gasteiger partial charge in [0.15, 0.2) is 0 Å². The number of hydrogen-bond donors (Lipinski definition) is 0. The number of hydrogen-bond acceptors (Lipinski definition) is 3. The molecule has 0 radical (unpaired) electrons. The van der Waals surface area contributed by atoms with Crippen molar-refractivity contribution >= 4 is 21.8 Å². The lowest BCUT2D eigenvalue weighted by Gasteiger charge is -2.36. The van der Waals surface area contributed by atoms with E-state index in [1.165, 1.54) is 0 Å². The van der Waals surface area contributed by atoms with Crippen molar-refractivity contribution in [3.63, 3.8) is 0 Å². The highest BCUT2D eigenvalue weighted by Gasteiger charge is 2.25. The lowest BCUT2D eigenvalue weighted by atomic mass is 10.1. The molecule has 0 spiro atoms. The molecule has 1 amide bonds. The van der Waals surface area contributed by atoms with Gasteiger partial charge in [-0.1, -0.05) is 22.9 Å². The molecule has 0 aromatic heterocycles. The maximum atomic E-state index is 12.4. The fourth-order valence-corrected chi connectivity index (χ4v) is 2.71. The predicted molar refractivity (Wildman–Crippen MR) is 81.3 cm³/mol. The van der Waals surface area contributed by atoms with Crippen molar-refractivity contribution in [2.24, 2.45) is 0 Å². The smallest absolute Gasteiger partial charge is 0.253 e. The molecule has 0 bridgehead atoms. The molecule has 1 aliphatic heterocycles. The highest BCUT2D eigenvalue weighted by Crippen LogP contribution is 2.15. The summed E-state index contributed by atoms with van der Waals surface area (Å²) in [6.07, 6.45) is 0.831. The Labute approximate surface area is 128 Å². The Kier molecular flexibility index (Phi) is 5.16. The summed E-state index contributed by atoms with van der Waals surface area (Å²) >= 11 is 3.37. The average molecular weight is 336 g/mol.